The Morgan fingerprint density at radius 3 is 2.35 bits per heavy atom. The van der Waals surface area contributed by atoms with Gasteiger partial charge in [-0.05, 0) is 55.1 Å². The number of carbonyl (C=O) groups is 1. The van der Waals surface area contributed by atoms with Gasteiger partial charge < -0.3 is 28.4 Å². The highest BCUT2D eigenvalue weighted by atomic mass is 79.9. The second-order valence-electron chi connectivity index (χ2n) is 6.96. The van der Waals surface area contributed by atoms with Crippen LogP contribution in [0.2, 0.25) is 0 Å². The Hall–Kier alpha value is -2.39. The van der Waals surface area contributed by atoms with Crippen molar-refractivity contribution in [2.24, 2.45) is 5.92 Å². The van der Waals surface area contributed by atoms with Crippen LogP contribution in [0.25, 0.3) is 0 Å². The Labute approximate surface area is 196 Å². The van der Waals surface area contributed by atoms with Crippen LogP contribution in [0.15, 0.2) is 39.3 Å². The van der Waals surface area contributed by atoms with Gasteiger partial charge in [0.2, 0.25) is 12.5 Å². The van der Waals surface area contributed by atoms with E-state index < -0.39 is 5.97 Å². The molecule has 9 heteroatoms. The van der Waals surface area contributed by atoms with Crippen molar-refractivity contribution in [1.82, 2.24) is 0 Å². The predicted octanol–water partition coefficient (Wildman–Crippen LogP) is 4.83. The second-order valence-corrected chi connectivity index (χ2v) is 8.54. The lowest BCUT2D eigenvalue weighted by molar-refractivity contribution is -0.135. The minimum absolute atomic E-state index is 0.146. The van der Waals surface area contributed by atoms with Gasteiger partial charge in [-0.15, -0.1) is 0 Å². The first kappa shape index (κ1) is 21.8. The van der Waals surface area contributed by atoms with Crippen molar-refractivity contribution in [1.29, 1.82) is 0 Å². The van der Waals surface area contributed by atoms with Crippen LogP contribution in [0.1, 0.15) is 17.0 Å². The molecule has 0 radical (unpaired) electrons. The maximum Gasteiger partial charge on any atom is 0.333 e. The van der Waals surface area contributed by atoms with E-state index in [0.29, 0.717) is 38.8 Å². The zero-order chi connectivity index (χ0) is 22.3. The molecule has 31 heavy (non-hydrogen) atoms. The number of cyclic esters (lactones) is 1. The van der Waals surface area contributed by atoms with Gasteiger partial charge in [0.25, 0.3) is 0 Å². The summed E-state index contributed by atoms with van der Waals surface area (Å²) in [5.41, 5.74) is 2.09. The molecular weight excluding hydrogens is 536 g/mol. The third-order valence-electron chi connectivity index (χ3n) is 5.48. The van der Waals surface area contributed by atoms with Gasteiger partial charge in [-0.25, -0.2) is 4.79 Å². The normalized spacial score (nSPS) is 18.0. The number of halogens is 2. The minimum atomic E-state index is -0.407. The summed E-state index contributed by atoms with van der Waals surface area (Å²) in [6, 6.07) is 5.65. The van der Waals surface area contributed by atoms with Crippen LogP contribution < -0.4 is 23.7 Å². The molecule has 2 heterocycles. The van der Waals surface area contributed by atoms with Crippen LogP contribution in [-0.4, -0.2) is 40.7 Å². The van der Waals surface area contributed by atoms with Crippen LogP contribution in [0.4, 0.5) is 0 Å². The molecule has 0 bridgehead atoms. The first-order valence-electron chi connectivity index (χ1n) is 9.35. The van der Waals surface area contributed by atoms with Crippen LogP contribution in [-0.2, 0) is 9.53 Å². The highest BCUT2D eigenvalue weighted by Crippen LogP contribution is 2.53. The average Bonchev–Trinajstić information content (AvgIpc) is 3.38. The van der Waals surface area contributed by atoms with Crippen molar-refractivity contribution in [2.45, 2.75) is 5.92 Å². The molecule has 2 unspecified atom stereocenters. The smallest absolute Gasteiger partial charge is 0.333 e. The molecule has 0 saturated carbocycles. The van der Waals surface area contributed by atoms with Gasteiger partial charge >= 0.3 is 5.97 Å². The molecule has 1 saturated heterocycles. The minimum Gasteiger partial charge on any atom is -0.493 e. The first-order chi connectivity index (χ1) is 14.9. The largest absolute Gasteiger partial charge is 0.493 e. The molecule has 0 spiro atoms. The van der Waals surface area contributed by atoms with Gasteiger partial charge in [-0.3, -0.25) is 0 Å². The zero-order valence-corrected chi connectivity index (χ0v) is 20.3. The van der Waals surface area contributed by atoms with Crippen molar-refractivity contribution in [3.05, 3.63) is 50.4 Å². The highest BCUT2D eigenvalue weighted by molar-refractivity contribution is 9.11. The Bertz CT molecular complexity index is 1070. The topological polar surface area (TPSA) is 72.5 Å². The fourth-order valence-electron chi connectivity index (χ4n) is 3.97. The molecule has 7 nitrogen and oxygen atoms in total. The Kier molecular flexibility index (Phi) is 6.07. The van der Waals surface area contributed by atoms with Gasteiger partial charge in [-0.1, -0.05) is 12.6 Å². The molecule has 2 aliphatic heterocycles. The fraction of sp³-hybridized carbons (Fsp3) is 0.318. The van der Waals surface area contributed by atoms with E-state index in [1.54, 1.807) is 21.3 Å². The molecule has 2 aromatic carbocycles. The van der Waals surface area contributed by atoms with E-state index in [-0.39, 0.29) is 25.2 Å². The lowest BCUT2D eigenvalue weighted by Gasteiger charge is -2.27. The van der Waals surface area contributed by atoms with Gasteiger partial charge in [0.1, 0.15) is 0 Å². The van der Waals surface area contributed by atoms with E-state index in [2.05, 4.69) is 38.4 Å². The lowest BCUT2D eigenvalue weighted by Crippen LogP contribution is -2.18. The van der Waals surface area contributed by atoms with Gasteiger partial charge in [-0.2, -0.15) is 0 Å². The number of fused-ring (bicyclic) bond motifs is 1. The number of hydrogen-bond donors (Lipinski definition) is 0. The summed E-state index contributed by atoms with van der Waals surface area (Å²) >= 11 is 7.35. The molecule has 0 N–H and O–H groups in total. The van der Waals surface area contributed by atoms with Crippen LogP contribution >= 0.6 is 31.9 Å². The quantitative estimate of drug-likeness (QED) is 0.373. The predicted molar refractivity (Wildman–Crippen MR) is 119 cm³/mol. The number of benzene rings is 2. The van der Waals surface area contributed by atoms with Crippen LogP contribution in [0.5, 0.6) is 28.7 Å². The second kappa shape index (κ2) is 8.63. The van der Waals surface area contributed by atoms with E-state index in [4.69, 9.17) is 28.4 Å². The number of esters is 1. The van der Waals surface area contributed by atoms with Crippen molar-refractivity contribution in [3.8, 4) is 28.7 Å². The van der Waals surface area contributed by atoms with Crippen molar-refractivity contribution >= 4 is 37.8 Å². The first-order valence-corrected chi connectivity index (χ1v) is 10.9. The van der Waals surface area contributed by atoms with E-state index in [0.717, 1.165) is 15.6 Å². The molecule has 0 amide bonds. The monoisotopic (exact) mass is 554 g/mol. The zero-order valence-electron chi connectivity index (χ0n) is 17.1. The fourth-order valence-corrected chi connectivity index (χ4v) is 5.36. The lowest BCUT2D eigenvalue weighted by atomic mass is 9.78. The molecule has 0 aliphatic carbocycles. The Morgan fingerprint density at radius 1 is 1.00 bits per heavy atom. The summed E-state index contributed by atoms with van der Waals surface area (Å²) < 4.78 is 34.6. The summed E-state index contributed by atoms with van der Waals surface area (Å²) in [5, 5.41) is 0. The van der Waals surface area contributed by atoms with Crippen LogP contribution in [0, 0.1) is 5.92 Å². The molecular formula is C22H20Br2O7. The summed E-state index contributed by atoms with van der Waals surface area (Å²) in [6.07, 6.45) is 0. The summed E-state index contributed by atoms with van der Waals surface area (Å²) in [7, 11) is 4.66. The molecule has 2 aromatic rings. The molecule has 2 atom stereocenters. The van der Waals surface area contributed by atoms with E-state index >= 15 is 0 Å². The standard InChI is InChI=1S/C22H20Br2O7/c1-10-13(8-29-22(10)25)16(11-5-6-14-19(17(11)23)31-9-30-14)12-7-15(26-2)20(27-3)21(28-4)18(12)24/h5-7,13,16H,1,8-9H2,2-4H3. The molecule has 0 aromatic heterocycles. The maximum atomic E-state index is 12.2. The summed E-state index contributed by atoms with van der Waals surface area (Å²) in [5.74, 6) is 1.63. The number of methoxy groups -OCH3 is 3. The van der Waals surface area contributed by atoms with Crippen LogP contribution in [0.3, 0.4) is 0 Å². The van der Waals surface area contributed by atoms with E-state index in [9.17, 15) is 4.79 Å². The summed E-state index contributed by atoms with van der Waals surface area (Å²) in [4.78, 5) is 12.2. The van der Waals surface area contributed by atoms with Crippen molar-refractivity contribution in [2.75, 3.05) is 34.7 Å². The van der Waals surface area contributed by atoms with Gasteiger partial charge in [0, 0.05) is 17.4 Å². The average molecular weight is 556 g/mol. The Morgan fingerprint density at radius 2 is 1.74 bits per heavy atom. The molecule has 4 rings (SSSR count). The van der Waals surface area contributed by atoms with Crippen molar-refractivity contribution in [3.63, 3.8) is 0 Å². The number of ether oxygens (including phenoxy) is 6. The third kappa shape index (κ3) is 3.53. The van der Waals surface area contributed by atoms with Gasteiger partial charge in [0.05, 0.1) is 36.9 Å². The van der Waals surface area contributed by atoms with Crippen molar-refractivity contribution < 1.29 is 33.2 Å². The van der Waals surface area contributed by atoms with E-state index in [1.165, 1.54) is 0 Å². The van der Waals surface area contributed by atoms with Gasteiger partial charge in [0.15, 0.2) is 23.0 Å². The number of carbonyl (C=O) groups excluding carboxylic acids is 1. The Balaban J connectivity index is 1.97. The molecule has 2 aliphatic rings. The van der Waals surface area contributed by atoms with E-state index in [1.807, 2.05) is 18.2 Å². The summed E-state index contributed by atoms with van der Waals surface area (Å²) in [6.45, 7) is 4.34. The number of rotatable bonds is 6. The maximum absolute atomic E-state index is 12.2. The molecule has 1 fully saturated rings. The molecule has 164 valence electrons. The number of hydrogen-bond acceptors (Lipinski definition) is 7. The SMILES string of the molecule is C=C1C(=O)OCC1C(c1ccc2c(c1Br)OCO2)c1cc(OC)c(OC)c(OC)c1Br. The highest BCUT2D eigenvalue weighted by Gasteiger charge is 2.40. The third-order valence-corrected chi connectivity index (χ3v) is 7.12.